The topological polar surface area (TPSA) is 32.3 Å². The molecular weight excluding hydrogens is 157 g/mol. The average molecular weight is 167 g/mol. The van der Waals surface area contributed by atoms with Gasteiger partial charge in [-0.15, -0.1) is 0 Å². The molecule has 1 aliphatic heterocycles. The number of aromatic hydroxyl groups is 1. The van der Waals surface area contributed by atoms with Gasteiger partial charge in [-0.2, -0.15) is 0 Å². The monoisotopic (exact) mass is 167 g/mol. The number of rotatable bonds is 0. The van der Waals surface area contributed by atoms with E-state index in [4.69, 9.17) is 0 Å². The molecule has 12 heavy (non-hydrogen) atoms. The summed E-state index contributed by atoms with van der Waals surface area (Å²) in [7, 11) is 0. The number of fused-ring (bicyclic) bond motifs is 1. The second-order valence-corrected chi connectivity index (χ2v) is 2.92. The van der Waals surface area contributed by atoms with E-state index >= 15 is 0 Å². The molecule has 1 aromatic carbocycles. The third kappa shape index (κ3) is 1.06. The number of benzene rings is 1. The Bertz CT molecular complexity index is 301. The lowest BCUT2D eigenvalue weighted by atomic mass is 9.99. The molecule has 0 aromatic heterocycles. The molecule has 0 bridgehead atoms. The number of halogens is 1. The highest BCUT2D eigenvalue weighted by Gasteiger charge is 2.21. The van der Waals surface area contributed by atoms with E-state index < -0.39 is 6.30 Å². The molecule has 2 N–H and O–H groups in total. The summed E-state index contributed by atoms with van der Waals surface area (Å²) in [5.41, 5.74) is 1.31. The van der Waals surface area contributed by atoms with Gasteiger partial charge in [-0.25, -0.2) is 4.39 Å². The van der Waals surface area contributed by atoms with Gasteiger partial charge >= 0.3 is 0 Å². The highest BCUT2D eigenvalue weighted by molar-refractivity contribution is 5.42. The zero-order valence-electron chi connectivity index (χ0n) is 6.55. The Kier molecular flexibility index (Phi) is 1.73. The van der Waals surface area contributed by atoms with Crippen LogP contribution in [-0.2, 0) is 6.42 Å². The van der Waals surface area contributed by atoms with Crippen LogP contribution in [0.4, 0.5) is 4.39 Å². The van der Waals surface area contributed by atoms with Crippen LogP contribution < -0.4 is 5.32 Å². The Hall–Kier alpha value is -1.09. The van der Waals surface area contributed by atoms with Crippen LogP contribution >= 0.6 is 0 Å². The first-order valence-electron chi connectivity index (χ1n) is 3.97. The van der Waals surface area contributed by atoms with Gasteiger partial charge in [-0.3, -0.25) is 5.32 Å². The highest BCUT2D eigenvalue weighted by atomic mass is 19.1. The third-order valence-electron chi connectivity index (χ3n) is 2.14. The number of hydrogen-bond donors (Lipinski definition) is 2. The molecular formula is C9H10FNO. The number of alkyl halides is 1. The number of phenolic OH excluding ortho intramolecular Hbond substituents is 1. The summed E-state index contributed by atoms with van der Waals surface area (Å²) < 4.78 is 13.2. The molecule has 0 saturated carbocycles. The number of nitrogens with one attached hydrogen (secondary N) is 1. The quantitative estimate of drug-likeness (QED) is 0.574. The minimum atomic E-state index is -1.21. The summed E-state index contributed by atoms with van der Waals surface area (Å²) in [6.07, 6.45) is -0.431. The fraction of sp³-hybridized carbons (Fsp3) is 0.333. The largest absolute Gasteiger partial charge is 0.507 e. The van der Waals surface area contributed by atoms with Crippen molar-refractivity contribution in [2.45, 2.75) is 12.7 Å². The van der Waals surface area contributed by atoms with Gasteiger partial charge in [0.1, 0.15) is 5.75 Å². The highest BCUT2D eigenvalue weighted by Crippen LogP contribution is 2.31. The van der Waals surface area contributed by atoms with Crippen molar-refractivity contribution in [3.05, 3.63) is 29.3 Å². The molecule has 1 heterocycles. The van der Waals surface area contributed by atoms with Crippen LogP contribution in [0, 0.1) is 0 Å². The molecule has 0 fully saturated rings. The summed E-state index contributed by atoms with van der Waals surface area (Å²) in [4.78, 5) is 0. The SMILES string of the molecule is Oc1cccc2c1C(F)NCC2. The minimum Gasteiger partial charge on any atom is -0.507 e. The minimum absolute atomic E-state index is 0.0483. The lowest BCUT2D eigenvalue weighted by molar-refractivity contribution is 0.260. The average Bonchev–Trinajstić information content (AvgIpc) is 2.04. The van der Waals surface area contributed by atoms with E-state index in [9.17, 15) is 9.50 Å². The predicted molar refractivity (Wildman–Crippen MR) is 43.7 cm³/mol. The van der Waals surface area contributed by atoms with Crippen LogP contribution in [0.5, 0.6) is 5.75 Å². The van der Waals surface area contributed by atoms with E-state index in [0.29, 0.717) is 12.1 Å². The normalized spacial score (nSPS) is 21.9. The molecule has 1 atom stereocenters. The van der Waals surface area contributed by atoms with Crippen molar-refractivity contribution < 1.29 is 9.50 Å². The molecule has 0 aliphatic carbocycles. The molecule has 1 aromatic rings. The maximum absolute atomic E-state index is 13.2. The van der Waals surface area contributed by atoms with Gasteiger partial charge in [-0.1, -0.05) is 12.1 Å². The van der Waals surface area contributed by atoms with Crippen LogP contribution in [0.2, 0.25) is 0 Å². The van der Waals surface area contributed by atoms with E-state index in [1.165, 1.54) is 6.07 Å². The van der Waals surface area contributed by atoms with Crippen LogP contribution in [0.3, 0.4) is 0 Å². The smallest absolute Gasteiger partial charge is 0.180 e. The lowest BCUT2D eigenvalue weighted by Gasteiger charge is -2.21. The molecule has 2 rings (SSSR count). The molecule has 1 unspecified atom stereocenters. The third-order valence-corrected chi connectivity index (χ3v) is 2.14. The van der Waals surface area contributed by atoms with Gasteiger partial charge < -0.3 is 5.11 Å². The van der Waals surface area contributed by atoms with Crippen LogP contribution in [0.25, 0.3) is 0 Å². The van der Waals surface area contributed by atoms with Gasteiger partial charge in [0.15, 0.2) is 6.30 Å². The van der Waals surface area contributed by atoms with Crippen molar-refractivity contribution in [1.82, 2.24) is 5.32 Å². The standard InChI is InChI=1S/C9H10FNO/c10-9-8-6(4-5-11-9)2-1-3-7(8)12/h1-3,9,11-12H,4-5H2. The molecule has 64 valence electrons. The Morgan fingerprint density at radius 3 is 3.08 bits per heavy atom. The Morgan fingerprint density at radius 2 is 2.33 bits per heavy atom. The molecule has 2 nitrogen and oxygen atoms in total. The van der Waals surface area contributed by atoms with Crippen molar-refractivity contribution in [2.24, 2.45) is 0 Å². The molecule has 3 heteroatoms. The van der Waals surface area contributed by atoms with Crippen molar-refractivity contribution in [2.75, 3.05) is 6.54 Å². The van der Waals surface area contributed by atoms with Gasteiger partial charge in [0.05, 0.1) is 0 Å². The molecule has 1 aliphatic rings. The van der Waals surface area contributed by atoms with Gasteiger partial charge in [0, 0.05) is 12.1 Å². The summed E-state index contributed by atoms with van der Waals surface area (Å²) >= 11 is 0. The zero-order chi connectivity index (χ0) is 8.55. The van der Waals surface area contributed by atoms with E-state index in [0.717, 1.165) is 12.0 Å². The van der Waals surface area contributed by atoms with Crippen molar-refractivity contribution in [1.29, 1.82) is 0 Å². The first-order chi connectivity index (χ1) is 5.79. The number of hydrogen-bond acceptors (Lipinski definition) is 2. The van der Waals surface area contributed by atoms with E-state index in [1.54, 1.807) is 6.07 Å². The van der Waals surface area contributed by atoms with Gasteiger partial charge in [0.25, 0.3) is 0 Å². The van der Waals surface area contributed by atoms with E-state index in [1.807, 2.05) is 6.07 Å². The first-order valence-corrected chi connectivity index (χ1v) is 3.97. The lowest BCUT2D eigenvalue weighted by Crippen LogP contribution is -2.26. The summed E-state index contributed by atoms with van der Waals surface area (Å²) in [5.74, 6) is 0.0483. The molecule has 0 saturated heterocycles. The molecule has 0 amide bonds. The summed E-state index contributed by atoms with van der Waals surface area (Å²) in [5, 5.41) is 12.0. The second kappa shape index (κ2) is 2.75. The Balaban J connectivity index is 2.53. The summed E-state index contributed by atoms with van der Waals surface area (Å²) in [6.45, 7) is 0.637. The zero-order valence-corrected chi connectivity index (χ0v) is 6.55. The first kappa shape index (κ1) is 7.55. The van der Waals surface area contributed by atoms with Gasteiger partial charge in [0.2, 0.25) is 0 Å². The van der Waals surface area contributed by atoms with Crippen LogP contribution in [0.15, 0.2) is 18.2 Å². The fourth-order valence-electron chi connectivity index (χ4n) is 1.55. The second-order valence-electron chi connectivity index (χ2n) is 2.92. The maximum Gasteiger partial charge on any atom is 0.180 e. The number of phenols is 1. The Morgan fingerprint density at radius 1 is 1.50 bits per heavy atom. The van der Waals surface area contributed by atoms with Crippen molar-refractivity contribution >= 4 is 0 Å². The van der Waals surface area contributed by atoms with E-state index in [-0.39, 0.29) is 5.75 Å². The molecule has 0 radical (unpaired) electrons. The van der Waals surface area contributed by atoms with E-state index in [2.05, 4.69) is 5.32 Å². The maximum atomic E-state index is 13.2. The Labute approximate surface area is 70.0 Å². The van der Waals surface area contributed by atoms with Crippen molar-refractivity contribution in [3.8, 4) is 5.75 Å². The summed E-state index contributed by atoms with van der Waals surface area (Å²) in [6, 6.07) is 5.10. The predicted octanol–water partition coefficient (Wildman–Crippen LogP) is 1.51. The van der Waals surface area contributed by atoms with Crippen LogP contribution in [-0.4, -0.2) is 11.7 Å². The van der Waals surface area contributed by atoms with Crippen LogP contribution in [0.1, 0.15) is 17.4 Å². The van der Waals surface area contributed by atoms with Gasteiger partial charge in [-0.05, 0) is 18.1 Å². The fourth-order valence-corrected chi connectivity index (χ4v) is 1.55. The molecule has 0 spiro atoms. The van der Waals surface area contributed by atoms with Crippen molar-refractivity contribution in [3.63, 3.8) is 0 Å².